The summed E-state index contributed by atoms with van der Waals surface area (Å²) in [6, 6.07) is 12.7. The second kappa shape index (κ2) is 8.13. The fourth-order valence-corrected chi connectivity index (χ4v) is 2.40. The van der Waals surface area contributed by atoms with Crippen molar-refractivity contribution in [2.45, 2.75) is 0 Å². The SMILES string of the molecule is COc1ccc(Br)cc1/C=C(\C#N)C(=O)Nc1ccc(C(=O)O)cc1. The molecule has 25 heavy (non-hydrogen) atoms. The van der Waals surface area contributed by atoms with Crippen LogP contribution in [0, 0.1) is 11.3 Å². The van der Waals surface area contributed by atoms with E-state index in [9.17, 15) is 14.9 Å². The first-order valence-corrected chi connectivity index (χ1v) is 7.84. The predicted molar refractivity (Wildman–Crippen MR) is 96.3 cm³/mol. The molecule has 0 saturated carbocycles. The molecule has 2 N–H and O–H groups in total. The van der Waals surface area contributed by atoms with Gasteiger partial charge in [-0.1, -0.05) is 15.9 Å². The summed E-state index contributed by atoms with van der Waals surface area (Å²) < 4.78 is 6.00. The van der Waals surface area contributed by atoms with E-state index in [1.165, 1.54) is 37.5 Å². The molecule has 0 saturated heterocycles. The average Bonchev–Trinajstić information content (AvgIpc) is 2.60. The molecule has 0 aliphatic heterocycles. The highest BCUT2D eigenvalue weighted by Gasteiger charge is 2.12. The predicted octanol–water partition coefficient (Wildman–Crippen LogP) is 3.70. The molecule has 0 bridgehead atoms. The molecule has 0 unspecified atom stereocenters. The van der Waals surface area contributed by atoms with Gasteiger partial charge in [0, 0.05) is 15.7 Å². The number of carboxylic acid groups (broad SMARTS) is 1. The van der Waals surface area contributed by atoms with Crippen molar-refractivity contribution < 1.29 is 19.4 Å². The van der Waals surface area contributed by atoms with Crippen LogP contribution in [0.2, 0.25) is 0 Å². The molecule has 0 aromatic heterocycles. The number of anilines is 1. The van der Waals surface area contributed by atoms with Gasteiger partial charge in [0.15, 0.2) is 0 Å². The maximum absolute atomic E-state index is 12.3. The normalized spacial score (nSPS) is 10.7. The van der Waals surface area contributed by atoms with Gasteiger partial charge in [0.05, 0.1) is 12.7 Å². The second-order valence-electron chi connectivity index (χ2n) is 4.89. The molecule has 0 aliphatic carbocycles. The van der Waals surface area contributed by atoms with Crippen LogP contribution in [0.5, 0.6) is 5.75 Å². The lowest BCUT2D eigenvalue weighted by Crippen LogP contribution is -2.13. The number of amides is 1. The zero-order valence-corrected chi connectivity index (χ0v) is 14.7. The monoisotopic (exact) mass is 400 g/mol. The molecule has 0 fully saturated rings. The van der Waals surface area contributed by atoms with Crippen LogP contribution in [-0.4, -0.2) is 24.1 Å². The maximum atomic E-state index is 12.3. The number of carbonyl (C=O) groups excluding carboxylic acids is 1. The summed E-state index contributed by atoms with van der Waals surface area (Å²) in [5, 5.41) is 20.7. The van der Waals surface area contributed by atoms with E-state index in [1.54, 1.807) is 18.2 Å². The number of aromatic carboxylic acids is 1. The van der Waals surface area contributed by atoms with Crippen LogP contribution >= 0.6 is 15.9 Å². The topological polar surface area (TPSA) is 99.4 Å². The zero-order chi connectivity index (χ0) is 18.4. The van der Waals surface area contributed by atoms with Crippen molar-refractivity contribution in [3.8, 4) is 11.8 Å². The number of rotatable bonds is 5. The highest BCUT2D eigenvalue weighted by Crippen LogP contribution is 2.25. The summed E-state index contributed by atoms with van der Waals surface area (Å²) in [6.07, 6.45) is 1.42. The van der Waals surface area contributed by atoms with Gasteiger partial charge in [-0.05, 0) is 48.5 Å². The highest BCUT2D eigenvalue weighted by molar-refractivity contribution is 9.10. The van der Waals surface area contributed by atoms with Gasteiger partial charge in [-0.15, -0.1) is 0 Å². The lowest BCUT2D eigenvalue weighted by molar-refractivity contribution is -0.112. The molecule has 2 rings (SSSR count). The number of nitrogens with one attached hydrogen (secondary N) is 1. The van der Waals surface area contributed by atoms with Crippen LogP contribution in [0.1, 0.15) is 15.9 Å². The maximum Gasteiger partial charge on any atom is 0.335 e. The van der Waals surface area contributed by atoms with Crippen LogP contribution in [0.3, 0.4) is 0 Å². The zero-order valence-electron chi connectivity index (χ0n) is 13.1. The fraction of sp³-hybridized carbons (Fsp3) is 0.0556. The summed E-state index contributed by atoms with van der Waals surface area (Å²) >= 11 is 3.33. The van der Waals surface area contributed by atoms with Crippen molar-refractivity contribution in [2.75, 3.05) is 12.4 Å². The van der Waals surface area contributed by atoms with Crippen molar-refractivity contribution in [3.05, 3.63) is 63.6 Å². The number of methoxy groups -OCH3 is 1. The Balaban J connectivity index is 2.25. The third-order valence-electron chi connectivity index (χ3n) is 3.25. The Morgan fingerprint density at radius 1 is 1.24 bits per heavy atom. The Morgan fingerprint density at radius 3 is 2.48 bits per heavy atom. The van der Waals surface area contributed by atoms with Crippen molar-refractivity contribution in [3.63, 3.8) is 0 Å². The van der Waals surface area contributed by atoms with E-state index in [2.05, 4.69) is 21.2 Å². The first-order valence-electron chi connectivity index (χ1n) is 7.04. The number of halogens is 1. The van der Waals surface area contributed by atoms with E-state index in [4.69, 9.17) is 9.84 Å². The molecule has 0 aliphatic rings. The summed E-state index contributed by atoms with van der Waals surface area (Å²) in [5.74, 6) is -1.14. The molecular weight excluding hydrogens is 388 g/mol. The summed E-state index contributed by atoms with van der Waals surface area (Å²) in [5.41, 5.74) is 0.953. The van der Waals surface area contributed by atoms with E-state index in [1.807, 2.05) is 6.07 Å². The molecule has 6 nitrogen and oxygen atoms in total. The Bertz CT molecular complexity index is 883. The smallest absolute Gasteiger partial charge is 0.335 e. The first kappa shape index (κ1) is 18.2. The van der Waals surface area contributed by atoms with Gasteiger partial charge in [-0.3, -0.25) is 4.79 Å². The molecule has 1 amide bonds. The number of carboxylic acids is 1. The number of nitriles is 1. The molecule has 0 atom stereocenters. The van der Waals surface area contributed by atoms with Crippen LogP contribution in [0.15, 0.2) is 52.5 Å². The van der Waals surface area contributed by atoms with Gasteiger partial charge in [0.25, 0.3) is 5.91 Å². The van der Waals surface area contributed by atoms with E-state index < -0.39 is 11.9 Å². The molecule has 2 aromatic rings. The molecule has 2 aromatic carbocycles. The van der Waals surface area contributed by atoms with Crippen LogP contribution in [0.25, 0.3) is 6.08 Å². The van der Waals surface area contributed by atoms with E-state index in [0.717, 1.165) is 4.47 Å². The van der Waals surface area contributed by atoms with Crippen molar-refractivity contribution in [1.29, 1.82) is 5.26 Å². The van der Waals surface area contributed by atoms with Crippen LogP contribution in [0.4, 0.5) is 5.69 Å². The molecule has 0 spiro atoms. The average molecular weight is 401 g/mol. The minimum atomic E-state index is -1.06. The third-order valence-corrected chi connectivity index (χ3v) is 3.74. The molecule has 0 heterocycles. The Morgan fingerprint density at radius 2 is 1.92 bits per heavy atom. The highest BCUT2D eigenvalue weighted by atomic mass is 79.9. The van der Waals surface area contributed by atoms with E-state index >= 15 is 0 Å². The quantitative estimate of drug-likeness (QED) is 0.588. The lowest BCUT2D eigenvalue weighted by atomic mass is 10.1. The first-order chi connectivity index (χ1) is 11.9. The Hall–Kier alpha value is -3.11. The summed E-state index contributed by atoms with van der Waals surface area (Å²) in [7, 11) is 1.50. The lowest BCUT2D eigenvalue weighted by Gasteiger charge is -2.07. The van der Waals surface area contributed by atoms with E-state index in [0.29, 0.717) is 17.0 Å². The van der Waals surface area contributed by atoms with Gasteiger partial charge in [0.2, 0.25) is 0 Å². The molecule has 0 radical (unpaired) electrons. The number of ether oxygens (including phenoxy) is 1. The Kier molecular flexibility index (Phi) is 5.93. The van der Waals surface area contributed by atoms with Crippen LogP contribution < -0.4 is 10.1 Å². The van der Waals surface area contributed by atoms with Gasteiger partial charge < -0.3 is 15.2 Å². The largest absolute Gasteiger partial charge is 0.496 e. The van der Waals surface area contributed by atoms with Gasteiger partial charge in [-0.25, -0.2) is 4.79 Å². The van der Waals surface area contributed by atoms with Gasteiger partial charge >= 0.3 is 5.97 Å². The van der Waals surface area contributed by atoms with Crippen LogP contribution in [-0.2, 0) is 4.79 Å². The molecule has 126 valence electrons. The number of hydrogen-bond acceptors (Lipinski definition) is 4. The third kappa shape index (κ3) is 4.68. The number of benzene rings is 2. The molecule has 7 heteroatoms. The summed E-state index contributed by atoms with van der Waals surface area (Å²) in [4.78, 5) is 23.1. The summed E-state index contributed by atoms with van der Waals surface area (Å²) in [6.45, 7) is 0. The number of nitrogens with zero attached hydrogens (tertiary/aromatic N) is 1. The van der Waals surface area contributed by atoms with Crippen molar-refractivity contribution in [2.24, 2.45) is 0 Å². The van der Waals surface area contributed by atoms with E-state index in [-0.39, 0.29) is 11.1 Å². The van der Waals surface area contributed by atoms with Crippen molar-refractivity contribution >= 4 is 39.6 Å². The Labute approximate surface area is 152 Å². The second-order valence-corrected chi connectivity index (χ2v) is 5.81. The van der Waals surface area contributed by atoms with Crippen molar-refractivity contribution in [1.82, 2.24) is 0 Å². The minimum Gasteiger partial charge on any atom is -0.496 e. The standard InChI is InChI=1S/C18H13BrN2O4/c1-25-16-7-4-14(19)9-12(16)8-13(10-20)17(22)21-15-5-2-11(3-6-15)18(23)24/h2-9H,1H3,(H,21,22)(H,23,24)/b13-8+. The molecular formula is C18H13BrN2O4. The number of carbonyl (C=O) groups is 2. The minimum absolute atomic E-state index is 0.105. The number of hydrogen-bond donors (Lipinski definition) is 2. The fourth-order valence-electron chi connectivity index (χ4n) is 2.02. The van der Waals surface area contributed by atoms with Gasteiger partial charge in [-0.2, -0.15) is 5.26 Å². The van der Waals surface area contributed by atoms with Gasteiger partial charge in [0.1, 0.15) is 17.4 Å².